The first-order valence-corrected chi connectivity index (χ1v) is 8.11. The molecule has 0 radical (unpaired) electrons. The summed E-state index contributed by atoms with van der Waals surface area (Å²) >= 11 is 11.5. The fourth-order valence-electron chi connectivity index (χ4n) is 2.14. The van der Waals surface area contributed by atoms with E-state index < -0.39 is 36.2 Å². The van der Waals surface area contributed by atoms with E-state index >= 15 is 0 Å². The van der Waals surface area contributed by atoms with Crippen LogP contribution in [-0.2, 0) is 10.0 Å². The van der Waals surface area contributed by atoms with Gasteiger partial charge in [0, 0.05) is 13.1 Å². The third-order valence-corrected chi connectivity index (χ3v) is 5.94. The molecular formula is C11H12Cl2N2O5S. The standard InChI is InChI=1S/C11H12Cl2N2O5S/c1-11(16)4-5-14(6-11)21(19,20)8-3-2-7(12)10(9(8)13)15(17)18/h2-3,16H,4-6H2,1H3. The number of hydrogen-bond donors (Lipinski definition) is 1. The van der Waals surface area contributed by atoms with Crippen molar-refractivity contribution in [2.24, 2.45) is 0 Å². The van der Waals surface area contributed by atoms with E-state index in [1.165, 1.54) is 6.92 Å². The molecule has 0 amide bonds. The fraction of sp³-hybridized carbons (Fsp3) is 0.455. The van der Waals surface area contributed by atoms with E-state index in [1.807, 2.05) is 0 Å². The number of aliphatic hydroxyl groups is 1. The van der Waals surface area contributed by atoms with Crippen LogP contribution in [0.25, 0.3) is 0 Å². The van der Waals surface area contributed by atoms with Crippen LogP contribution in [0.3, 0.4) is 0 Å². The summed E-state index contributed by atoms with van der Waals surface area (Å²) in [6, 6.07) is 2.24. The third-order valence-electron chi connectivity index (χ3n) is 3.25. The average Bonchev–Trinajstić information content (AvgIpc) is 2.69. The number of benzene rings is 1. The van der Waals surface area contributed by atoms with Crippen molar-refractivity contribution in [1.29, 1.82) is 0 Å². The van der Waals surface area contributed by atoms with E-state index in [9.17, 15) is 23.6 Å². The Balaban J connectivity index is 2.52. The summed E-state index contributed by atoms with van der Waals surface area (Å²) in [7, 11) is -4.03. The Hall–Kier alpha value is -0.930. The van der Waals surface area contributed by atoms with Crippen molar-refractivity contribution in [2.45, 2.75) is 23.8 Å². The fourth-order valence-corrected chi connectivity index (χ4v) is 4.56. The number of β-amino-alcohol motifs (C(OH)–C–C–N with tert-alkyl or cyclic N) is 1. The van der Waals surface area contributed by atoms with Gasteiger partial charge in [-0.25, -0.2) is 8.42 Å². The van der Waals surface area contributed by atoms with Crippen molar-refractivity contribution in [3.63, 3.8) is 0 Å². The predicted octanol–water partition coefficient (Wildman–Crippen LogP) is 2.05. The van der Waals surface area contributed by atoms with Crippen LogP contribution in [0.1, 0.15) is 13.3 Å². The van der Waals surface area contributed by atoms with Crippen LogP contribution in [0.4, 0.5) is 5.69 Å². The maximum Gasteiger partial charge on any atom is 0.307 e. The first kappa shape index (κ1) is 16.4. The number of sulfonamides is 1. The first-order chi connectivity index (χ1) is 9.56. The Kier molecular flexibility index (Phi) is 4.20. The number of nitro benzene ring substituents is 1. The van der Waals surface area contributed by atoms with Gasteiger partial charge < -0.3 is 5.11 Å². The molecule has 1 atom stereocenters. The summed E-state index contributed by atoms with van der Waals surface area (Å²) in [5.41, 5.74) is -1.77. The highest BCUT2D eigenvalue weighted by Gasteiger charge is 2.40. The van der Waals surface area contributed by atoms with Gasteiger partial charge in [0.1, 0.15) is 14.9 Å². The predicted molar refractivity (Wildman–Crippen MR) is 77.1 cm³/mol. The smallest absolute Gasteiger partial charge is 0.307 e. The molecule has 0 aromatic heterocycles. The Bertz CT molecular complexity index is 705. The summed E-state index contributed by atoms with van der Waals surface area (Å²) in [4.78, 5) is 9.71. The van der Waals surface area contributed by atoms with Crippen LogP contribution in [0.2, 0.25) is 10.0 Å². The molecule has 1 aliphatic rings. The molecular weight excluding hydrogens is 343 g/mol. The molecule has 1 aromatic rings. The Morgan fingerprint density at radius 2 is 2.05 bits per heavy atom. The Morgan fingerprint density at radius 1 is 1.43 bits per heavy atom. The molecule has 0 saturated carbocycles. The van der Waals surface area contributed by atoms with Gasteiger partial charge in [-0.05, 0) is 25.5 Å². The summed E-state index contributed by atoms with van der Waals surface area (Å²) in [5.74, 6) is 0. The SMILES string of the molecule is CC1(O)CCN(S(=O)(=O)c2ccc(Cl)c([N+](=O)[O-])c2Cl)C1. The second-order valence-corrected chi connectivity index (χ2v) is 7.74. The molecule has 2 rings (SSSR count). The molecule has 1 aliphatic heterocycles. The van der Waals surface area contributed by atoms with Crippen LogP contribution in [0, 0.1) is 10.1 Å². The van der Waals surface area contributed by atoms with Gasteiger partial charge in [-0.1, -0.05) is 23.2 Å². The number of nitro groups is 1. The minimum atomic E-state index is -4.03. The largest absolute Gasteiger partial charge is 0.389 e. The molecule has 1 aromatic carbocycles. The van der Waals surface area contributed by atoms with Gasteiger partial charge >= 0.3 is 5.69 Å². The van der Waals surface area contributed by atoms with Crippen molar-refractivity contribution in [3.8, 4) is 0 Å². The lowest BCUT2D eigenvalue weighted by Gasteiger charge is -2.19. The molecule has 7 nitrogen and oxygen atoms in total. The van der Waals surface area contributed by atoms with Gasteiger partial charge in [0.25, 0.3) is 0 Å². The highest BCUT2D eigenvalue weighted by molar-refractivity contribution is 7.89. The summed E-state index contributed by atoms with van der Waals surface area (Å²) < 4.78 is 26.0. The first-order valence-electron chi connectivity index (χ1n) is 5.91. The Morgan fingerprint density at radius 3 is 2.52 bits per heavy atom. The van der Waals surface area contributed by atoms with Gasteiger partial charge in [-0.3, -0.25) is 10.1 Å². The number of rotatable bonds is 3. The van der Waals surface area contributed by atoms with Crippen LogP contribution in [0.15, 0.2) is 17.0 Å². The minimum Gasteiger partial charge on any atom is -0.389 e. The van der Waals surface area contributed by atoms with E-state index in [4.69, 9.17) is 23.2 Å². The molecule has 1 fully saturated rings. The van der Waals surface area contributed by atoms with Crippen molar-refractivity contribution in [1.82, 2.24) is 4.31 Å². The van der Waals surface area contributed by atoms with Crippen molar-refractivity contribution in [2.75, 3.05) is 13.1 Å². The van der Waals surface area contributed by atoms with E-state index in [0.29, 0.717) is 0 Å². The van der Waals surface area contributed by atoms with Crippen molar-refractivity contribution in [3.05, 3.63) is 32.3 Å². The highest BCUT2D eigenvalue weighted by atomic mass is 35.5. The zero-order valence-corrected chi connectivity index (χ0v) is 13.2. The van der Waals surface area contributed by atoms with Crippen LogP contribution in [0.5, 0.6) is 0 Å². The van der Waals surface area contributed by atoms with Crippen molar-refractivity contribution >= 4 is 38.9 Å². The van der Waals surface area contributed by atoms with Gasteiger partial charge in [-0.2, -0.15) is 4.31 Å². The van der Waals surface area contributed by atoms with E-state index in [-0.39, 0.29) is 24.5 Å². The second-order valence-electron chi connectivity index (χ2n) is 5.05. The lowest BCUT2D eigenvalue weighted by molar-refractivity contribution is -0.384. The maximum absolute atomic E-state index is 12.5. The number of hydrogen-bond acceptors (Lipinski definition) is 5. The molecule has 116 valence electrons. The molecule has 1 N–H and O–H groups in total. The zero-order valence-electron chi connectivity index (χ0n) is 10.9. The average molecular weight is 355 g/mol. The van der Waals surface area contributed by atoms with E-state index in [0.717, 1.165) is 16.4 Å². The minimum absolute atomic E-state index is 0.0952. The molecule has 21 heavy (non-hydrogen) atoms. The van der Waals surface area contributed by atoms with Gasteiger partial charge in [0.05, 0.1) is 10.5 Å². The quantitative estimate of drug-likeness (QED) is 0.661. The molecule has 1 heterocycles. The summed E-state index contributed by atoms with van der Waals surface area (Å²) in [5, 5.41) is 20.0. The van der Waals surface area contributed by atoms with Crippen molar-refractivity contribution < 1.29 is 18.4 Å². The molecule has 1 saturated heterocycles. The normalized spacial score (nSPS) is 23.4. The van der Waals surface area contributed by atoms with Gasteiger partial charge in [0.15, 0.2) is 0 Å². The lowest BCUT2D eigenvalue weighted by atomic mass is 10.1. The number of halogens is 2. The maximum atomic E-state index is 12.5. The van der Waals surface area contributed by atoms with E-state index in [2.05, 4.69) is 0 Å². The molecule has 1 unspecified atom stereocenters. The number of nitrogens with zero attached hydrogens (tertiary/aromatic N) is 2. The van der Waals surface area contributed by atoms with Gasteiger partial charge in [0.2, 0.25) is 10.0 Å². The summed E-state index contributed by atoms with van der Waals surface area (Å²) in [6.07, 6.45) is 0.277. The molecule has 10 heteroatoms. The molecule has 0 aliphatic carbocycles. The lowest BCUT2D eigenvalue weighted by Crippen LogP contribution is -2.34. The van der Waals surface area contributed by atoms with E-state index in [1.54, 1.807) is 0 Å². The zero-order chi connectivity index (χ0) is 16.0. The Labute approximate surface area is 131 Å². The van der Waals surface area contributed by atoms with Crippen LogP contribution < -0.4 is 0 Å². The molecule has 0 bridgehead atoms. The van der Waals surface area contributed by atoms with Gasteiger partial charge in [-0.15, -0.1) is 0 Å². The second kappa shape index (κ2) is 5.36. The summed E-state index contributed by atoms with van der Waals surface area (Å²) in [6.45, 7) is 1.54. The van der Waals surface area contributed by atoms with Crippen LogP contribution in [-0.4, -0.2) is 41.4 Å². The van der Waals surface area contributed by atoms with Crippen LogP contribution >= 0.6 is 23.2 Å². The third kappa shape index (κ3) is 3.00. The monoisotopic (exact) mass is 354 g/mol. The topological polar surface area (TPSA) is 101 Å². The molecule has 0 spiro atoms. The highest BCUT2D eigenvalue weighted by Crippen LogP contribution is 2.39.